The van der Waals surface area contributed by atoms with Crippen LogP contribution in [0.2, 0.25) is 0 Å². The van der Waals surface area contributed by atoms with Gasteiger partial charge in [-0.1, -0.05) is 13.0 Å². The summed E-state index contributed by atoms with van der Waals surface area (Å²) in [6, 6.07) is 6.81. The molecule has 3 aromatic rings. The van der Waals surface area contributed by atoms with Crippen molar-refractivity contribution < 1.29 is 16.8 Å². The molecule has 0 spiro atoms. The zero-order valence-corrected chi connectivity index (χ0v) is 18.8. The van der Waals surface area contributed by atoms with Crippen molar-refractivity contribution >= 4 is 47.1 Å². The van der Waals surface area contributed by atoms with Gasteiger partial charge in [-0.05, 0) is 68.1 Å². The number of aromatic nitrogens is 1. The van der Waals surface area contributed by atoms with Crippen LogP contribution in [0.4, 0.5) is 5.69 Å². The van der Waals surface area contributed by atoms with E-state index in [4.69, 9.17) is 0 Å². The first kappa shape index (κ1) is 20.8. The number of hydrogen-bond acceptors (Lipinski definition) is 6. The number of nitrogens with zero attached hydrogens (tertiary/aromatic N) is 1. The molecule has 0 aliphatic rings. The van der Waals surface area contributed by atoms with Gasteiger partial charge in [0.1, 0.15) is 0 Å². The molecular formula is C19H22N2O4S3. The quantitative estimate of drug-likeness (QED) is 0.647. The van der Waals surface area contributed by atoms with Crippen molar-refractivity contribution in [2.24, 2.45) is 0 Å². The summed E-state index contributed by atoms with van der Waals surface area (Å²) in [6.07, 6.45) is 0. The average Bonchev–Trinajstić information content (AvgIpc) is 3.04. The maximum Gasteiger partial charge on any atom is 0.262 e. The summed E-state index contributed by atoms with van der Waals surface area (Å²) in [5.41, 5.74) is 4.15. The second kappa shape index (κ2) is 7.13. The normalized spacial score (nSPS) is 12.5. The van der Waals surface area contributed by atoms with E-state index in [1.54, 1.807) is 39.0 Å². The molecule has 2 aromatic carbocycles. The summed E-state index contributed by atoms with van der Waals surface area (Å²) in [5.74, 6) is -0.0302. The zero-order chi connectivity index (χ0) is 20.9. The molecule has 0 radical (unpaired) electrons. The molecule has 1 aromatic heterocycles. The summed E-state index contributed by atoms with van der Waals surface area (Å²) >= 11 is 1.04. The van der Waals surface area contributed by atoms with Gasteiger partial charge in [-0.15, -0.1) is 11.3 Å². The van der Waals surface area contributed by atoms with Gasteiger partial charge in [0, 0.05) is 0 Å². The van der Waals surface area contributed by atoms with Gasteiger partial charge in [-0.2, -0.15) is 0 Å². The molecule has 0 unspecified atom stereocenters. The number of rotatable bonds is 5. The van der Waals surface area contributed by atoms with E-state index in [9.17, 15) is 16.8 Å². The molecule has 0 aliphatic carbocycles. The van der Waals surface area contributed by atoms with Gasteiger partial charge in [-0.25, -0.2) is 21.8 Å². The minimum Gasteiger partial charge on any atom is -0.280 e. The zero-order valence-electron chi connectivity index (χ0n) is 16.3. The van der Waals surface area contributed by atoms with E-state index in [1.807, 2.05) is 19.9 Å². The van der Waals surface area contributed by atoms with E-state index in [0.29, 0.717) is 27.0 Å². The largest absolute Gasteiger partial charge is 0.280 e. The number of nitrogens with one attached hydrogen (secondary N) is 1. The Balaban J connectivity index is 2.05. The second-order valence-electron chi connectivity index (χ2n) is 6.76. The number of sulfone groups is 1. The number of benzene rings is 2. The number of anilines is 1. The lowest BCUT2D eigenvalue weighted by Gasteiger charge is -2.16. The average molecular weight is 439 g/mol. The van der Waals surface area contributed by atoms with Crippen molar-refractivity contribution in [3.05, 3.63) is 46.5 Å². The van der Waals surface area contributed by atoms with Crippen molar-refractivity contribution in [3.63, 3.8) is 0 Å². The molecule has 9 heteroatoms. The van der Waals surface area contributed by atoms with E-state index in [2.05, 4.69) is 9.71 Å². The maximum atomic E-state index is 13.1. The van der Waals surface area contributed by atoms with Gasteiger partial charge in [0.25, 0.3) is 10.0 Å². The third-order valence-electron chi connectivity index (χ3n) is 4.83. The van der Waals surface area contributed by atoms with E-state index in [1.165, 1.54) is 0 Å². The Morgan fingerprint density at radius 1 is 0.964 bits per heavy atom. The molecule has 0 saturated carbocycles. The van der Waals surface area contributed by atoms with E-state index in [0.717, 1.165) is 22.5 Å². The van der Waals surface area contributed by atoms with Crippen LogP contribution in [0.15, 0.2) is 33.5 Å². The number of thiazole rings is 1. The highest BCUT2D eigenvalue weighted by molar-refractivity contribution is 7.93. The van der Waals surface area contributed by atoms with Crippen LogP contribution in [-0.4, -0.2) is 27.6 Å². The fourth-order valence-electron chi connectivity index (χ4n) is 3.01. The SMILES string of the molecule is CCS(=O)(=O)c1nc2ccc(NS(=O)(=O)c3c(C)c(C)cc(C)c3C)cc2s1. The number of fused-ring (bicyclic) bond motifs is 1. The monoisotopic (exact) mass is 438 g/mol. The second-order valence-corrected chi connectivity index (χ2v) is 11.9. The highest BCUT2D eigenvalue weighted by atomic mass is 32.2. The van der Waals surface area contributed by atoms with E-state index in [-0.39, 0.29) is 15.0 Å². The van der Waals surface area contributed by atoms with Crippen molar-refractivity contribution in [2.75, 3.05) is 10.5 Å². The van der Waals surface area contributed by atoms with Gasteiger partial charge in [0.2, 0.25) is 14.2 Å². The molecule has 0 aliphatic heterocycles. The topological polar surface area (TPSA) is 93.2 Å². The van der Waals surface area contributed by atoms with Crippen LogP contribution in [0.1, 0.15) is 29.2 Å². The molecular weight excluding hydrogens is 416 g/mol. The van der Waals surface area contributed by atoms with Gasteiger partial charge >= 0.3 is 0 Å². The predicted molar refractivity (Wildman–Crippen MR) is 114 cm³/mol. The Morgan fingerprint density at radius 3 is 2.14 bits per heavy atom. The Bertz CT molecular complexity index is 1260. The first-order valence-electron chi connectivity index (χ1n) is 8.70. The van der Waals surface area contributed by atoms with Crippen LogP contribution in [0, 0.1) is 27.7 Å². The highest BCUT2D eigenvalue weighted by Gasteiger charge is 2.23. The summed E-state index contributed by atoms with van der Waals surface area (Å²) in [6.45, 7) is 8.93. The van der Waals surface area contributed by atoms with Crippen molar-refractivity contribution in [2.45, 2.75) is 43.9 Å². The molecule has 0 bridgehead atoms. The lowest BCUT2D eigenvalue weighted by molar-refractivity contribution is 0.596. The summed E-state index contributed by atoms with van der Waals surface area (Å²) < 4.78 is 53.5. The summed E-state index contributed by atoms with van der Waals surface area (Å²) in [7, 11) is -7.20. The standard InChI is InChI=1S/C19H22N2O4S3/c1-6-27(22,23)19-20-16-8-7-15(10-17(16)26-19)21-28(24,25)18-13(4)11(2)9-12(3)14(18)5/h7-10,21H,6H2,1-5H3. The molecule has 150 valence electrons. The number of hydrogen-bond donors (Lipinski definition) is 1. The summed E-state index contributed by atoms with van der Waals surface area (Å²) in [5, 5.41) is 0. The highest BCUT2D eigenvalue weighted by Crippen LogP contribution is 2.31. The maximum absolute atomic E-state index is 13.1. The van der Waals surface area contributed by atoms with Crippen molar-refractivity contribution in [1.82, 2.24) is 4.98 Å². The van der Waals surface area contributed by atoms with E-state index >= 15 is 0 Å². The van der Waals surface area contributed by atoms with Gasteiger partial charge in [-0.3, -0.25) is 4.72 Å². The molecule has 1 heterocycles. The minimum atomic E-state index is -3.80. The van der Waals surface area contributed by atoms with Crippen LogP contribution >= 0.6 is 11.3 Å². The molecule has 0 saturated heterocycles. The first-order valence-corrected chi connectivity index (χ1v) is 12.6. The van der Waals surface area contributed by atoms with Crippen molar-refractivity contribution in [1.29, 1.82) is 0 Å². The van der Waals surface area contributed by atoms with Crippen LogP contribution < -0.4 is 4.72 Å². The van der Waals surface area contributed by atoms with Gasteiger partial charge < -0.3 is 0 Å². The van der Waals surface area contributed by atoms with Crippen LogP contribution in [0.3, 0.4) is 0 Å². The van der Waals surface area contributed by atoms with Gasteiger partial charge in [0.15, 0.2) is 0 Å². The van der Waals surface area contributed by atoms with Crippen LogP contribution in [-0.2, 0) is 19.9 Å². The van der Waals surface area contributed by atoms with Crippen molar-refractivity contribution in [3.8, 4) is 0 Å². The first-order chi connectivity index (χ1) is 13.0. The van der Waals surface area contributed by atoms with Crippen LogP contribution in [0.5, 0.6) is 0 Å². The molecule has 3 rings (SSSR count). The third kappa shape index (κ3) is 3.66. The Labute approximate surface area is 169 Å². The van der Waals surface area contributed by atoms with Crippen LogP contribution in [0.25, 0.3) is 10.2 Å². The molecule has 1 N–H and O–H groups in total. The smallest absolute Gasteiger partial charge is 0.262 e. The van der Waals surface area contributed by atoms with E-state index < -0.39 is 19.9 Å². The molecule has 0 atom stereocenters. The lowest BCUT2D eigenvalue weighted by atomic mass is 10.0. The Hall–Kier alpha value is -1.97. The fraction of sp³-hybridized carbons (Fsp3) is 0.316. The molecule has 0 fully saturated rings. The molecule has 28 heavy (non-hydrogen) atoms. The third-order valence-corrected chi connectivity index (χ3v) is 9.70. The predicted octanol–water partition coefficient (Wildman–Crippen LogP) is 4.12. The Kier molecular flexibility index (Phi) is 5.28. The molecule has 0 amide bonds. The Morgan fingerprint density at radius 2 is 1.57 bits per heavy atom. The minimum absolute atomic E-state index is 0.0302. The summed E-state index contributed by atoms with van der Waals surface area (Å²) in [4.78, 5) is 4.44. The lowest BCUT2D eigenvalue weighted by Crippen LogP contribution is -2.17. The molecule has 6 nitrogen and oxygen atoms in total. The number of aryl methyl sites for hydroxylation is 2. The fourth-order valence-corrected chi connectivity index (χ4v) is 7.03. The van der Waals surface area contributed by atoms with Gasteiger partial charge in [0.05, 0.1) is 26.6 Å². The number of sulfonamides is 1.